The maximum atomic E-state index is 5.51. The average Bonchev–Trinajstić information content (AvgIpc) is 2.86. The summed E-state index contributed by atoms with van der Waals surface area (Å²) in [6, 6.07) is 7.40. The molecule has 1 aromatic heterocycles. The van der Waals surface area contributed by atoms with E-state index < -0.39 is 5.79 Å². The highest BCUT2D eigenvalue weighted by Gasteiger charge is 2.23. The lowest BCUT2D eigenvalue weighted by molar-refractivity contribution is -0.163. The number of nitrogens with zero attached hydrogens (tertiary/aromatic N) is 2. The van der Waals surface area contributed by atoms with Crippen LogP contribution >= 0.6 is 0 Å². The van der Waals surface area contributed by atoms with Gasteiger partial charge in [-0.1, -0.05) is 17.2 Å². The molecule has 0 saturated heterocycles. The van der Waals surface area contributed by atoms with Crippen molar-refractivity contribution in [2.45, 2.75) is 26.6 Å². The minimum atomic E-state index is -0.820. The van der Waals surface area contributed by atoms with Gasteiger partial charge in [0.15, 0.2) is 0 Å². The largest absolute Gasteiger partial charge is 0.496 e. The Hall–Kier alpha value is -2.08. The van der Waals surface area contributed by atoms with Crippen molar-refractivity contribution < 1.29 is 18.6 Å². The van der Waals surface area contributed by atoms with Crippen LogP contribution in [0.1, 0.15) is 20.8 Å². The molecule has 6 heteroatoms. The van der Waals surface area contributed by atoms with E-state index in [0.29, 0.717) is 23.8 Å². The van der Waals surface area contributed by atoms with Crippen LogP contribution in [0.15, 0.2) is 28.7 Å². The fraction of sp³-hybridized carbons (Fsp3) is 0.429. The van der Waals surface area contributed by atoms with Crippen molar-refractivity contribution in [1.29, 1.82) is 0 Å². The Kier molecular flexibility index (Phi) is 4.24. The summed E-state index contributed by atoms with van der Waals surface area (Å²) < 4.78 is 21.7. The molecule has 0 unspecified atom stereocenters. The summed E-state index contributed by atoms with van der Waals surface area (Å²) in [6.45, 7) is 5.98. The Morgan fingerprint density at radius 1 is 1.20 bits per heavy atom. The lowest BCUT2D eigenvalue weighted by Crippen LogP contribution is -2.31. The third-order valence-corrected chi connectivity index (χ3v) is 2.57. The maximum Gasteiger partial charge on any atom is 0.417 e. The zero-order chi connectivity index (χ0) is 14.6. The van der Waals surface area contributed by atoms with Crippen molar-refractivity contribution in [3.8, 4) is 23.3 Å². The van der Waals surface area contributed by atoms with E-state index >= 15 is 0 Å². The molecule has 0 atom stereocenters. The Morgan fingerprint density at radius 3 is 2.65 bits per heavy atom. The normalized spacial score (nSPS) is 11.4. The number of benzene rings is 1. The Balaban J connectivity index is 2.21. The molecule has 0 radical (unpaired) electrons. The zero-order valence-electron chi connectivity index (χ0n) is 12.0. The topological polar surface area (TPSA) is 66.6 Å². The Bertz CT molecular complexity index is 566. The molecule has 20 heavy (non-hydrogen) atoms. The smallest absolute Gasteiger partial charge is 0.417 e. The van der Waals surface area contributed by atoms with Gasteiger partial charge in [-0.3, -0.25) is 0 Å². The van der Waals surface area contributed by atoms with E-state index in [1.54, 1.807) is 21.0 Å². The second-order valence-electron chi connectivity index (χ2n) is 4.51. The molecule has 0 aliphatic rings. The van der Waals surface area contributed by atoms with Gasteiger partial charge in [0, 0.05) is 20.5 Å². The first-order chi connectivity index (χ1) is 9.55. The molecular weight excluding hydrogens is 260 g/mol. The SMILES string of the molecule is CCOC(C)(C)Oc1nnc(-c2ccccc2OC)o1. The summed E-state index contributed by atoms with van der Waals surface area (Å²) in [5, 5.41) is 7.82. The predicted octanol–water partition coefficient (Wildman–Crippen LogP) is 2.90. The highest BCUT2D eigenvalue weighted by molar-refractivity contribution is 5.62. The number of hydrogen-bond donors (Lipinski definition) is 0. The summed E-state index contributed by atoms with van der Waals surface area (Å²) in [5.41, 5.74) is 0.714. The molecular formula is C14H18N2O4. The van der Waals surface area contributed by atoms with E-state index in [1.165, 1.54) is 0 Å². The van der Waals surface area contributed by atoms with Gasteiger partial charge in [-0.15, -0.1) is 5.10 Å². The lowest BCUT2D eigenvalue weighted by Gasteiger charge is -2.22. The van der Waals surface area contributed by atoms with Gasteiger partial charge in [0.25, 0.3) is 5.89 Å². The van der Waals surface area contributed by atoms with E-state index in [2.05, 4.69) is 10.2 Å². The van der Waals surface area contributed by atoms with Gasteiger partial charge in [-0.2, -0.15) is 0 Å². The Morgan fingerprint density at radius 2 is 1.95 bits per heavy atom. The number of methoxy groups -OCH3 is 1. The van der Waals surface area contributed by atoms with Gasteiger partial charge in [0.05, 0.1) is 12.7 Å². The monoisotopic (exact) mass is 278 g/mol. The highest BCUT2D eigenvalue weighted by Crippen LogP contribution is 2.30. The fourth-order valence-corrected chi connectivity index (χ4v) is 1.77. The molecule has 0 spiro atoms. The van der Waals surface area contributed by atoms with Crippen molar-refractivity contribution in [1.82, 2.24) is 10.2 Å². The third-order valence-electron chi connectivity index (χ3n) is 2.57. The second kappa shape index (κ2) is 5.92. The van der Waals surface area contributed by atoms with E-state index in [0.717, 1.165) is 0 Å². The number of ether oxygens (including phenoxy) is 3. The van der Waals surface area contributed by atoms with Crippen molar-refractivity contribution in [2.75, 3.05) is 13.7 Å². The molecule has 0 bridgehead atoms. The van der Waals surface area contributed by atoms with Crippen LogP contribution in [0.4, 0.5) is 0 Å². The summed E-state index contributed by atoms with van der Waals surface area (Å²) in [6.07, 6.45) is 0.0596. The number of hydrogen-bond acceptors (Lipinski definition) is 6. The van der Waals surface area contributed by atoms with Crippen molar-refractivity contribution in [3.05, 3.63) is 24.3 Å². The molecule has 0 amide bonds. The van der Waals surface area contributed by atoms with Crippen LogP contribution in [0.2, 0.25) is 0 Å². The van der Waals surface area contributed by atoms with Crippen molar-refractivity contribution >= 4 is 0 Å². The second-order valence-corrected chi connectivity index (χ2v) is 4.51. The molecule has 0 aliphatic carbocycles. The standard InChI is InChI=1S/C14H18N2O4/c1-5-18-14(2,3)20-13-16-15-12(19-13)10-8-6-7-9-11(10)17-4/h6-9H,5H2,1-4H3. The first-order valence-corrected chi connectivity index (χ1v) is 6.35. The maximum absolute atomic E-state index is 5.51. The predicted molar refractivity (Wildman–Crippen MR) is 72.6 cm³/mol. The number of para-hydroxylation sites is 1. The molecule has 108 valence electrons. The van der Waals surface area contributed by atoms with Crippen LogP contribution < -0.4 is 9.47 Å². The van der Waals surface area contributed by atoms with Gasteiger partial charge in [-0.25, -0.2) is 0 Å². The van der Waals surface area contributed by atoms with Crippen LogP contribution in [0, 0.1) is 0 Å². The molecule has 0 aliphatic heterocycles. The van der Waals surface area contributed by atoms with E-state index in [1.807, 2.05) is 31.2 Å². The van der Waals surface area contributed by atoms with Gasteiger partial charge in [0.2, 0.25) is 5.79 Å². The lowest BCUT2D eigenvalue weighted by atomic mass is 10.2. The van der Waals surface area contributed by atoms with Gasteiger partial charge in [0.1, 0.15) is 5.75 Å². The van der Waals surface area contributed by atoms with E-state index in [-0.39, 0.29) is 6.08 Å². The quantitative estimate of drug-likeness (QED) is 0.757. The van der Waals surface area contributed by atoms with E-state index in [4.69, 9.17) is 18.6 Å². The summed E-state index contributed by atoms with van der Waals surface area (Å²) in [7, 11) is 1.59. The minimum absolute atomic E-state index is 0.0596. The molecule has 0 N–H and O–H groups in total. The van der Waals surface area contributed by atoms with Crippen molar-refractivity contribution in [2.24, 2.45) is 0 Å². The Labute approximate surface area is 117 Å². The molecule has 1 heterocycles. The number of rotatable bonds is 6. The van der Waals surface area contributed by atoms with Crippen LogP contribution in [-0.4, -0.2) is 29.7 Å². The van der Waals surface area contributed by atoms with Crippen LogP contribution in [-0.2, 0) is 4.74 Å². The first kappa shape index (κ1) is 14.3. The molecule has 0 fully saturated rings. The first-order valence-electron chi connectivity index (χ1n) is 6.35. The molecule has 1 aromatic carbocycles. The minimum Gasteiger partial charge on any atom is -0.496 e. The summed E-state index contributed by atoms with van der Waals surface area (Å²) >= 11 is 0. The van der Waals surface area contributed by atoms with Crippen LogP contribution in [0.5, 0.6) is 11.8 Å². The molecule has 2 aromatic rings. The van der Waals surface area contributed by atoms with Gasteiger partial charge in [-0.05, 0) is 19.1 Å². The molecule has 6 nitrogen and oxygen atoms in total. The summed E-state index contributed by atoms with van der Waals surface area (Å²) in [5.74, 6) is 0.177. The van der Waals surface area contributed by atoms with E-state index in [9.17, 15) is 0 Å². The molecule has 2 rings (SSSR count). The van der Waals surface area contributed by atoms with Gasteiger partial charge < -0.3 is 18.6 Å². The van der Waals surface area contributed by atoms with Crippen molar-refractivity contribution in [3.63, 3.8) is 0 Å². The fourth-order valence-electron chi connectivity index (χ4n) is 1.77. The molecule has 0 saturated carbocycles. The summed E-state index contributed by atoms with van der Waals surface area (Å²) in [4.78, 5) is 0. The zero-order valence-corrected chi connectivity index (χ0v) is 12.0. The van der Waals surface area contributed by atoms with Crippen LogP contribution in [0.3, 0.4) is 0 Å². The number of aromatic nitrogens is 2. The third kappa shape index (κ3) is 3.27. The average molecular weight is 278 g/mol. The highest BCUT2D eigenvalue weighted by atomic mass is 16.7. The van der Waals surface area contributed by atoms with Crippen LogP contribution in [0.25, 0.3) is 11.5 Å². The van der Waals surface area contributed by atoms with Gasteiger partial charge >= 0.3 is 6.08 Å².